The molecule has 4 nitrogen and oxygen atoms in total. The van der Waals surface area contributed by atoms with Crippen LogP contribution in [-0.4, -0.2) is 61.1 Å². The lowest BCUT2D eigenvalue weighted by Gasteiger charge is -2.45. The van der Waals surface area contributed by atoms with E-state index < -0.39 is 0 Å². The van der Waals surface area contributed by atoms with Crippen LogP contribution in [0.5, 0.6) is 0 Å². The van der Waals surface area contributed by atoms with Gasteiger partial charge in [-0.1, -0.05) is 18.2 Å². The minimum absolute atomic E-state index is 0.199. The second kappa shape index (κ2) is 6.71. The molecular formula is C20H26N2O2S. The average molecular weight is 359 g/mol. The van der Waals surface area contributed by atoms with Crippen molar-refractivity contribution in [1.82, 2.24) is 9.80 Å². The van der Waals surface area contributed by atoms with Crippen LogP contribution in [-0.2, 0) is 4.74 Å². The highest BCUT2D eigenvalue weighted by atomic mass is 32.1. The largest absolute Gasteiger partial charge is 0.383 e. The van der Waals surface area contributed by atoms with Crippen molar-refractivity contribution in [2.24, 2.45) is 0 Å². The zero-order valence-corrected chi connectivity index (χ0v) is 15.8. The summed E-state index contributed by atoms with van der Waals surface area (Å²) in [5.74, 6) is 0.199. The topological polar surface area (TPSA) is 32.8 Å². The SMILES string of the molecule is COC[C@@H]1CCC2(CCN(C(=O)c3cc4ccccc4s3)CC2)N1C. The molecule has 2 aliphatic rings. The molecule has 1 aromatic heterocycles. The van der Waals surface area contributed by atoms with Gasteiger partial charge in [0.15, 0.2) is 0 Å². The number of benzene rings is 1. The maximum Gasteiger partial charge on any atom is 0.263 e. The van der Waals surface area contributed by atoms with Gasteiger partial charge in [-0.2, -0.15) is 0 Å². The molecule has 2 aliphatic heterocycles. The number of likely N-dealkylation sites (N-methyl/N-ethyl adjacent to an activating group) is 1. The van der Waals surface area contributed by atoms with Crippen LogP contribution in [0.1, 0.15) is 35.4 Å². The smallest absolute Gasteiger partial charge is 0.263 e. The fourth-order valence-electron chi connectivity index (χ4n) is 4.55. The summed E-state index contributed by atoms with van der Waals surface area (Å²) in [5, 5.41) is 1.17. The van der Waals surface area contributed by atoms with Crippen molar-refractivity contribution in [3.05, 3.63) is 35.2 Å². The van der Waals surface area contributed by atoms with E-state index in [4.69, 9.17) is 4.74 Å². The predicted molar refractivity (Wildman–Crippen MR) is 102 cm³/mol. The number of carbonyl (C=O) groups is 1. The summed E-state index contributed by atoms with van der Waals surface area (Å²) in [6.07, 6.45) is 4.57. The standard InChI is InChI=1S/C20H26N2O2S/c1-21-16(14-24-2)7-8-20(21)9-11-22(12-10-20)19(23)18-13-15-5-3-4-6-17(15)25-18/h3-6,13,16H,7-12,14H2,1-2H3/t16-/m0/s1. The molecule has 1 spiro atoms. The molecule has 0 unspecified atom stereocenters. The van der Waals surface area contributed by atoms with Crippen molar-refractivity contribution in [3.63, 3.8) is 0 Å². The van der Waals surface area contributed by atoms with Crippen molar-refractivity contribution in [2.75, 3.05) is 33.9 Å². The number of hydrogen-bond donors (Lipinski definition) is 0. The summed E-state index contributed by atoms with van der Waals surface area (Å²) >= 11 is 1.61. The third kappa shape index (κ3) is 2.98. The normalized spacial score (nSPS) is 23.6. The molecule has 0 N–H and O–H groups in total. The van der Waals surface area contributed by atoms with Gasteiger partial charge in [0, 0.05) is 36.5 Å². The Morgan fingerprint density at radius 3 is 2.76 bits per heavy atom. The number of hydrogen-bond acceptors (Lipinski definition) is 4. The zero-order valence-electron chi connectivity index (χ0n) is 15.0. The molecular weight excluding hydrogens is 332 g/mol. The summed E-state index contributed by atoms with van der Waals surface area (Å²) in [6, 6.07) is 10.8. The van der Waals surface area contributed by atoms with Crippen molar-refractivity contribution in [1.29, 1.82) is 0 Å². The lowest BCUT2D eigenvalue weighted by atomic mass is 9.85. The van der Waals surface area contributed by atoms with E-state index in [0.717, 1.165) is 37.4 Å². The molecule has 0 bridgehead atoms. The molecule has 1 aromatic carbocycles. The van der Waals surface area contributed by atoms with Crippen LogP contribution in [0.3, 0.4) is 0 Å². The van der Waals surface area contributed by atoms with Crippen molar-refractivity contribution >= 4 is 27.3 Å². The highest BCUT2D eigenvalue weighted by molar-refractivity contribution is 7.20. The van der Waals surface area contributed by atoms with Gasteiger partial charge in [-0.15, -0.1) is 11.3 Å². The molecule has 3 heterocycles. The van der Waals surface area contributed by atoms with Gasteiger partial charge in [-0.3, -0.25) is 9.69 Å². The van der Waals surface area contributed by atoms with E-state index in [1.807, 2.05) is 23.1 Å². The number of fused-ring (bicyclic) bond motifs is 1. The molecule has 1 atom stereocenters. The van der Waals surface area contributed by atoms with E-state index in [0.29, 0.717) is 6.04 Å². The van der Waals surface area contributed by atoms with Gasteiger partial charge < -0.3 is 9.64 Å². The summed E-state index contributed by atoms with van der Waals surface area (Å²) in [5.41, 5.74) is 0.264. The number of carbonyl (C=O) groups excluding carboxylic acids is 1. The molecule has 1 amide bonds. The summed E-state index contributed by atoms with van der Waals surface area (Å²) in [4.78, 5) is 18.4. The first-order chi connectivity index (χ1) is 12.1. The Bertz CT molecular complexity index is 731. The van der Waals surface area contributed by atoms with Gasteiger partial charge in [0.25, 0.3) is 5.91 Å². The zero-order chi connectivity index (χ0) is 17.4. The lowest BCUT2D eigenvalue weighted by Crippen LogP contribution is -2.53. The highest BCUT2D eigenvalue weighted by Crippen LogP contribution is 2.41. The molecule has 134 valence electrons. The third-order valence-corrected chi connectivity index (χ3v) is 7.32. The second-order valence-corrected chi connectivity index (χ2v) is 8.51. The van der Waals surface area contributed by atoms with Gasteiger partial charge in [0.2, 0.25) is 0 Å². The number of methoxy groups -OCH3 is 1. The minimum Gasteiger partial charge on any atom is -0.383 e. The number of ether oxygens (including phenoxy) is 1. The van der Waals surface area contributed by atoms with E-state index in [-0.39, 0.29) is 11.4 Å². The first-order valence-corrected chi connectivity index (χ1v) is 9.94. The molecule has 2 fully saturated rings. The summed E-state index contributed by atoms with van der Waals surface area (Å²) < 4.78 is 6.56. The third-order valence-electron chi connectivity index (χ3n) is 6.22. The monoisotopic (exact) mass is 358 g/mol. The fraction of sp³-hybridized carbons (Fsp3) is 0.550. The Hall–Kier alpha value is -1.43. The Morgan fingerprint density at radius 1 is 1.28 bits per heavy atom. The molecule has 25 heavy (non-hydrogen) atoms. The fourth-order valence-corrected chi connectivity index (χ4v) is 5.58. The molecule has 5 heteroatoms. The number of likely N-dealkylation sites (tertiary alicyclic amines) is 2. The maximum atomic E-state index is 12.9. The van der Waals surface area contributed by atoms with Crippen molar-refractivity contribution < 1.29 is 9.53 Å². The van der Waals surface area contributed by atoms with Crippen molar-refractivity contribution in [3.8, 4) is 0 Å². The molecule has 0 saturated carbocycles. The minimum atomic E-state index is 0.199. The number of piperidine rings is 1. The number of thiophene rings is 1. The molecule has 2 saturated heterocycles. The Balaban J connectivity index is 1.44. The molecule has 2 aromatic rings. The van der Waals surface area contributed by atoms with E-state index in [1.165, 1.54) is 22.9 Å². The van der Waals surface area contributed by atoms with Crippen LogP contribution in [0.2, 0.25) is 0 Å². The number of rotatable bonds is 3. The van der Waals surface area contributed by atoms with Crippen LogP contribution in [0.15, 0.2) is 30.3 Å². The molecule has 0 aliphatic carbocycles. The van der Waals surface area contributed by atoms with Gasteiger partial charge in [-0.25, -0.2) is 0 Å². The van der Waals surface area contributed by atoms with E-state index >= 15 is 0 Å². The van der Waals surface area contributed by atoms with Crippen LogP contribution >= 0.6 is 11.3 Å². The first kappa shape index (κ1) is 17.0. The van der Waals surface area contributed by atoms with Gasteiger partial charge >= 0.3 is 0 Å². The average Bonchev–Trinajstić information content (AvgIpc) is 3.19. The Morgan fingerprint density at radius 2 is 2.04 bits per heavy atom. The second-order valence-electron chi connectivity index (χ2n) is 7.42. The van der Waals surface area contributed by atoms with Gasteiger partial charge in [0.1, 0.15) is 0 Å². The van der Waals surface area contributed by atoms with E-state index in [2.05, 4.69) is 24.1 Å². The first-order valence-electron chi connectivity index (χ1n) is 9.13. The van der Waals surface area contributed by atoms with Crippen LogP contribution in [0, 0.1) is 0 Å². The van der Waals surface area contributed by atoms with Gasteiger partial charge in [-0.05, 0) is 50.2 Å². The number of nitrogens with zero attached hydrogens (tertiary/aromatic N) is 2. The quantitative estimate of drug-likeness (QED) is 0.840. The van der Waals surface area contributed by atoms with E-state index in [1.54, 1.807) is 18.4 Å². The summed E-state index contributed by atoms with van der Waals surface area (Å²) in [6.45, 7) is 2.52. The predicted octanol–water partition coefficient (Wildman–Crippen LogP) is 3.62. The van der Waals surface area contributed by atoms with Crippen LogP contribution in [0.4, 0.5) is 0 Å². The number of amides is 1. The Kier molecular flexibility index (Phi) is 4.56. The van der Waals surface area contributed by atoms with Crippen LogP contribution < -0.4 is 0 Å². The molecule has 4 rings (SSSR count). The molecule has 0 radical (unpaired) electrons. The summed E-state index contributed by atoms with van der Waals surface area (Å²) in [7, 11) is 4.02. The highest BCUT2D eigenvalue weighted by Gasteiger charge is 2.46. The maximum absolute atomic E-state index is 12.9. The van der Waals surface area contributed by atoms with Crippen LogP contribution in [0.25, 0.3) is 10.1 Å². The lowest BCUT2D eigenvalue weighted by molar-refractivity contribution is 0.0275. The van der Waals surface area contributed by atoms with E-state index in [9.17, 15) is 4.79 Å². The van der Waals surface area contributed by atoms with Crippen molar-refractivity contribution in [2.45, 2.75) is 37.3 Å². The Labute approximate surface area is 153 Å². The van der Waals surface area contributed by atoms with Gasteiger partial charge in [0.05, 0.1) is 11.5 Å².